The predicted molar refractivity (Wildman–Crippen MR) is 72.3 cm³/mol. The Bertz CT molecular complexity index is 512. The van der Waals surface area contributed by atoms with Crippen LogP contribution in [0.15, 0.2) is 47.1 Å². The van der Waals surface area contributed by atoms with Gasteiger partial charge >= 0.3 is 0 Å². The normalized spacial score (nSPS) is 11.1. The van der Waals surface area contributed by atoms with E-state index < -0.39 is 0 Å². The van der Waals surface area contributed by atoms with Crippen molar-refractivity contribution in [3.63, 3.8) is 0 Å². The Labute approximate surface area is 104 Å². The summed E-state index contributed by atoms with van der Waals surface area (Å²) in [4.78, 5) is 0. The Kier molecular flexibility index (Phi) is 3.62. The summed E-state index contributed by atoms with van der Waals surface area (Å²) in [6.07, 6.45) is 3.74. The summed E-state index contributed by atoms with van der Waals surface area (Å²) in [5.41, 5.74) is 1.17. The highest BCUT2D eigenvalue weighted by Crippen LogP contribution is 2.27. The molecule has 0 spiro atoms. The van der Waals surface area contributed by atoms with Gasteiger partial charge in [-0.2, -0.15) is 0 Å². The molecule has 0 saturated carbocycles. The lowest BCUT2D eigenvalue weighted by Gasteiger charge is -2.04. The van der Waals surface area contributed by atoms with E-state index in [9.17, 15) is 0 Å². The Hall–Kier alpha value is -1.28. The van der Waals surface area contributed by atoms with Gasteiger partial charge in [0, 0.05) is 9.86 Å². The summed E-state index contributed by atoms with van der Waals surface area (Å²) >= 11 is 3.58. The lowest BCUT2D eigenvalue weighted by atomic mass is 10.0. The van der Waals surface area contributed by atoms with Gasteiger partial charge in [-0.3, -0.25) is 0 Å². The number of ether oxygens (including phenoxy) is 1. The fourth-order valence-electron chi connectivity index (χ4n) is 1.68. The zero-order valence-electron chi connectivity index (χ0n) is 9.11. The molecule has 0 saturated heterocycles. The second-order valence-corrected chi connectivity index (χ2v) is 4.30. The summed E-state index contributed by atoms with van der Waals surface area (Å²) in [7, 11) is 0. The maximum atomic E-state index is 5.23. The van der Waals surface area contributed by atoms with Crippen LogP contribution >= 0.6 is 15.9 Å². The van der Waals surface area contributed by atoms with Crippen LogP contribution in [0.4, 0.5) is 0 Å². The van der Waals surface area contributed by atoms with Crippen LogP contribution in [0.25, 0.3) is 16.8 Å². The van der Waals surface area contributed by atoms with Crippen molar-refractivity contribution in [2.45, 2.75) is 6.92 Å². The summed E-state index contributed by atoms with van der Waals surface area (Å²) in [5, 5.41) is 2.45. The molecule has 0 bridgehead atoms. The molecule has 0 fully saturated rings. The van der Waals surface area contributed by atoms with Crippen LogP contribution in [0.5, 0.6) is 0 Å². The van der Waals surface area contributed by atoms with Gasteiger partial charge in [-0.05, 0) is 30.0 Å². The first kappa shape index (κ1) is 11.2. The Morgan fingerprint density at radius 3 is 2.69 bits per heavy atom. The third-order valence-electron chi connectivity index (χ3n) is 2.40. The second-order valence-electron chi connectivity index (χ2n) is 3.44. The molecule has 82 valence electrons. The molecule has 0 radical (unpaired) electrons. The first-order chi connectivity index (χ1) is 7.83. The van der Waals surface area contributed by atoms with Crippen LogP contribution < -0.4 is 0 Å². The summed E-state index contributed by atoms with van der Waals surface area (Å²) in [5.74, 6) is 0. The minimum absolute atomic E-state index is 0.697. The van der Waals surface area contributed by atoms with Gasteiger partial charge in [0.1, 0.15) is 0 Å². The van der Waals surface area contributed by atoms with E-state index in [1.54, 1.807) is 6.26 Å². The topological polar surface area (TPSA) is 9.23 Å². The highest BCUT2D eigenvalue weighted by molar-refractivity contribution is 9.10. The van der Waals surface area contributed by atoms with Gasteiger partial charge in [-0.15, -0.1) is 0 Å². The molecule has 1 nitrogen and oxygen atoms in total. The van der Waals surface area contributed by atoms with E-state index in [2.05, 4.69) is 46.3 Å². The number of rotatable bonds is 3. The molecule has 0 heterocycles. The van der Waals surface area contributed by atoms with Crippen LogP contribution in [0.1, 0.15) is 12.5 Å². The highest BCUT2D eigenvalue weighted by Gasteiger charge is 2.01. The van der Waals surface area contributed by atoms with Gasteiger partial charge in [-0.25, -0.2) is 0 Å². The van der Waals surface area contributed by atoms with Crippen molar-refractivity contribution < 1.29 is 4.74 Å². The minimum Gasteiger partial charge on any atom is -0.501 e. The lowest BCUT2D eigenvalue weighted by molar-refractivity contribution is 0.272. The molecule has 2 aromatic rings. The fourth-order valence-corrected chi connectivity index (χ4v) is 2.29. The lowest BCUT2D eigenvalue weighted by Crippen LogP contribution is -1.81. The third-order valence-corrected chi connectivity index (χ3v) is 3.06. The van der Waals surface area contributed by atoms with Gasteiger partial charge in [0.25, 0.3) is 0 Å². The molecule has 2 rings (SSSR count). The fraction of sp³-hybridized carbons (Fsp3) is 0.143. The van der Waals surface area contributed by atoms with Crippen LogP contribution in [-0.2, 0) is 4.74 Å². The molecule has 0 aliphatic heterocycles. The molecule has 0 atom stereocenters. The monoisotopic (exact) mass is 276 g/mol. The molecule has 0 unspecified atom stereocenters. The standard InChI is InChI=1S/C14H13BrO/c1-2-16-10-9-12-6-3-5-11-7-4-8-13(15)14(11)12/h3-10H,2H2,1H3. The van der Waals surface area contributed by atoms with E-state index in [-0.39, 0.29) is 0 Å². The van der Waals surface area contributed by atoms with Crippen LogP contribution in [0.3, 0.4) is 0 Å². The van der Waals surface area contributed by atoms with E-state index in [0.717, 1.165) is 4.47 Å². The largest absolute Gasteiger partial charge is 0.501 e. The number of fused-ring (bicyclic) bond motifs is 1. The molecule has 0 amide bonds. The van der Waals surface area contributed by atoms with Crippen LogP contribution in [0.2, 0.25) is 0 Å². The molecule has 0 N–H and O–H groups in total. The maximum absolute atomic E-state index is 5.23. The van der Waals surface area contributed by atoms with Crippen LogP contribution in [0, 0.1) is 0 Å². The number of hydrogen-bond acceptors (Lipinski definition) is 1. The van der Waals surface area contributed by atoms with Crippen LogP contribution in [-0.4, -0.2) is 6.61 Å². The number of benzene rings is 2. The summed E-state index contributed by atoms with van der Waals surface area (Å²) in [6.45, 7) is 2.67. The molecule has 0 aliphatic carbocycles. The zero-order chi connectivity index (χ0) is 11.4. The quantitative estimate of drug-likeness (QED) is 0.744. The smallest absolute Gasteiger partial charge is 0.0845 e. The van der Waals surface area contributed by atoms with E-state index in [4.69, 9.17) is 4.74 Å². The van der Waals surface area contributed by atoms with Gasteiger partial charge in [0.15, 0.2) is 0 Å². The number of halogens is 1. The first-order valence-electron chi connectivity index (χ1n) is 5.28. The molecular formula is C14H13BrO. The molecule has 0 aliphatic rings. The maximum Gasteiger partial charge on any atom is 0.0845 e. The molecular weight excluding hydrogens is 264 g/mol. The Morgan fingerprint density at radius 2 is 1.94 bits per heavy atom. The van der Waals surface area contributed by atoms with Gasteiger partial charge < -0.3 is 4.74 Å². The van der Waals surface area contributed by atoms with Gasteiger partial charge in [0.05, 0.1) is 12.9 Å². The van der Waals surface area contributed by atoms with Crippen molar-refractivity contribution in [1.82, 2.24) is 0 Å². The van der Waals surface area contributed by atoms with Crippen molar-refractivity contribution in [1.29, 1.82) is 0 Å². The van der Waals surface area contributed by atoms with E-state index in [0.29, 0.717) is 6.61 Å². The van der Waals surface area contributed by atoms with Crippen molar-refractivity contribution in [3.05, 3.63) is 52.7 Å². The molecule has 0 aromatic heterocycles. The van der Waals surface area contributed by atoms with Gasteiger partial charge in [0.2, 0.25) is 0 Å². The Balaban J connectivity index is 2.52. The number of hydrogen-bond donors (Lipinski definition) is 0. The average molecular weight is 277 g/mol. The third kappa shape index (κ3) is 2.27. The van der Waals surface area contributed by atoms with Gasteiger partial charge in [-0.1, -0.05) is 46.3 Å². The predicted octanol–water partition coefficient (Wildman–Crippen LogP) is 4.61. The van der Waals surface area contributed by atoms with E-state index in [1.165, 1.54) is 16.3 Å². The SMILES string of the molecule is CCOC=Cc1cccc2cccc(Br)c12. The molecule has 2 heteroatoms. The first-order valence-corrected chi connectivity index (χ1v) is 6.07. The van der Waals surface area contributed by atoms with Crippen molar-refractivity contribution >= 4 is 32.8 Å². The van der Waals surface area contributed by atoms with Crippen molar-refractivity contribution in [2.75, 3.05) is 6.61 Å². The zero-order valence-corrected chi connectivity index (χ0v) is 10.7. The molecule has 2 aromatic carbocycles. The van der Waals surface area contributed by atoms with Crippen molar-refractivity contribution in [2.24, 2.45) is 0 Å². The van der Waals surface area contributed by atoms with E-state index in [1.807, 2.05) is 19.1 Å². The summed E-state index contributed by atoms with van der Waals surface area (Å²) < 4.78 is 6.34. The van der Waals surface area contributed by atoms with Crippen molar-refractivity contribution in [3.8, 4) is 0 Å². The average Bonchev–Trinajstić information content (AvgIpc) is 2.30. The molecule has 16 heavy (non-hydrogen) atoms. The Morgan fingerprint density at radius 1 is 1.19 bits per heavy atom. The van der Waals surface area contributed by atoms with E-state index >= 15 is 0 Å². The summed E-state index contributed by atoms with van der Waals surface area (Å²) in [6, 6.07) is 12.5. The highest BCUT2D eigenvalue weighted by atomic mass is 79.9. The minimum atomic E-state index is 0.697. The second kappa shape index (κ2) is 5.17.